The maximum Gasteiger partial charge on any atom is 0.326 e. The second kappa shape index (κ2) is 7.27. The van der Waals surface area contributed by atoms with Gasteiger partial charge < -0.3 is 26.5 Å². The third kappa shape index (κ3) is 5.13. The van der Waals surface area contributed by atoms with Crippen LogP contribution in [0.2, 0.25) is 0 Å². The number of aliphatic carboxylic acids is 1. The van der Waals surface area contributed by atoms with E-state index in [9.17, 15) is 14.4 Å². The van der Waals surface area contributed by atoms with Crippen molar-refractivity contribution in [3.05, 3.63) is 18.2 Å². The zero-order valence-electron chi connectivity index (χ0n) is 11.8. The van der Waals surface area contributed by atoms with E-state index in [0.717, 1.165) is 0 Å². The fourth-order valence-corrected chi connectivity index (χ4v) is 1.72. The summed E-state index contributed by atoms with van der Waals surface area (Å²) in [7, 11) is 0. The molecule has 6 N–H and O–H groups in total. The number of hydrogen-bond acceptors (Lipinski definition) is 4. The number of nitrogens with one attached hydrogen (secondary N) is 3. The monoisotopic (exact) mass is 297 g/mol. The molecule has 0 radical (unpaired) electrons. The zero-order chi connectivity index (χ0) is 16.0. The zero-order valence-corrected chi connectivity index (χ0v) is 11.8. The van der Waals surface area contributed by atoms with E-state index >= 15 is 0 Å². The predicted octanol–water partition coefficient (Wildman–Crippen LogP) is -0.785. The molecule has 0 saturated heterocycles. The minimum absolute atomic E-state index is 0.0473. The van der Waals surface area contributed by atoms with E-state index in [1.807, 2.05) is 0 Å². The Hall–Kier alpha value is -2.58. The second-order valence-electron chi connectivity index (χ2n) is 4.91. The standard InChI is InChI=1S/C12H19N5O4/c1-6(2)9(10(13)18)17-12(21)16-8(11(19)20)3-7-4-14-5-15-7/h4-6,8-9H,3H2,1-2H3,(H2,13,18)(H,14,15)(H,19,20)(H2,16,17,21)/t8-,9?/m1/s1. The van der Waals surface area contributed by atoms with E-state index in [4.69, 9.17) is 10.8 Å². The third-order valence-corrected chi connectivity index (χ3v) is 2.84. The molecule has 0 fully saturated rings. The van der Waals surface area contributed by atoms with E-state index < -0.39 is 30.0 Å². The van der Waals surface area contributed by atoms with Crippen LogP contribution >= 0.6 is 0 Å². The first-order chi connectivity index (χ1) is 9.81. The Morgan fingerprint density at radius 3 is 2.48 bits per heavy atom. The van der Waals surface area contributed by atoms with Crippen LogP contribution in [-0.4, -0.2) is 45.1 Å². The molecule has 21 heavy (non-hydrogen) atoms. The number of aromatic nitrogens is 2. The molecule has 1 unspecified atom stereocenters. The van der Waals surface area contributed by atoms with Crippen LogP contribution in [0.5, 0.6) is 0 Å². The van der Waals surface area contributed by atoms with Crippen molar-refractivity contribution >= 4 is 17.9 Å². The molecule has 0 spiro atoms. The number of rotatable bonds is 7. The molecule has 0 aromatic carbocycles. The van der Waals surface area contributed by atoms with Gasteiger partial charge in [-0.3, -0.25) is 4.79 Å². The van der Waals surface area contributed by atoms with Gasteiger partial charge in [-0.1, -0.05) is 13.8 Å². The molecule has 0 aliphatic heterocycles. The predicted molar refractivity (Wildman–Crippen MR) is 73.2 cm³/mol. The lowest BCUT2D eigenvalue weighted by molar-refractivity contribution is -0.139. The first-order valence-electron chi connectivity index (χ1n) is 6.37. The number of imidazole rings is 1. The Morgan fingerprint density at radius 2 is 2.05 bits per heavy atom. The molecule has 9 nitrogen and oxygen atoms in total. The van der Waals surface area contributed by atoms with Gasteiger partial charge in [0.1, 0.15) is 12.1 Å². The van der Waals surface area contributed by atoms with E-state index in [0.29, 0.717) is 5.69 Å². The van der Waals surface area contributed by atoms with Gasteiger partial charge >= 0.3 is 12.0 Å². The van der Waals surface area contributed by atoms with Crippen LogP contribution in [0.1, 0.15) is 19.5 Å². The van der Waals surface area contributed by atoms with Crippen LogP contribution in [0.15, 0.2) is 12.5 Å². The molecule has 0 saturated carbocycles. The van der Waals surface area contributed by atoms with Crippen molar-refractivity contribution in [3.8, 4) is 0 Å². The minimum atomic E-state index is -1.19. The highest BCUT2D eigenvalue weighted by atomic mass is 16.4. The Kier molecular flexibility index (Phi) is 5.70. The van der Waals surface area contributed by atoms with Gasteiger partial charge in [0.2, 0.25) is 5.91 Å². The summed E-state index contributed by atoms with van der Waals surface area (Å²) in [6.07, 6.45) is 2.93. The molecule has 1 aromatic heterocycles. The number of nitrogens with two attached hydrogens (primary N) is 1. The molecule has 0 bridgehead atoms. The number of amides is 3. The molecule has 0 aliphatic rings. The average molecular weight is 297 g/mol. The van der Waals surface area contributed by atoms with E-state index in [-0.39, 0.29) is 12.3 Å². The van der Waals surface area contributed by atoms with Crippen molar-refractivity contribution in [3.63, 3.8) is 0 Å². The van der Waals surface area contributed by atoms with Gasteiger partial charge in [-0.25, -0.2) is 14.6 Å². The number of carbonyl (C=O) groups is 3. The number of urea groups is 1. The Morgan fingerprint density at radius 1 is 1.38 bits per heavy atom. The van der Waals surface area contributed by atoms with Crippen LogP contribution in [0.3, 0.4) is 0 Å². The molecule has 116 valence electrons. The van der Waals surface area contributed by atoms with Crippen molar-refractivity contribution < 1.29 is 19.5 Å². The molecule has 2 atom stereocenters. The number of primary amides is 1. The summed E-state index contributed by atoms with van der Waals surface area (Å²) < 4.78 is 0. The molecule has 1 aromatic rings. The van der Waals surface area contributed by atoms with Gasteiger partial charge in [-0.15, -0.1) is 0 Å². The van der Waals surface area contributed by atoms with Crippen molar-refractivity contribution in [1.29, 1.82) is 0 Å². The average Bonchev–Trinajstić information content (AvgIpc) is 2.87. The Balaban J connectivity index is 2.64. The van der Waals surface area contributed by atoms with Crippen LogP contribution < -0.4 is 16.4 Å². The molecule has 1 rings (SSSR count). The van der Waals surface area contributed by atoms with E-state index in [1.165, 1.54) is 12.5 Å². The SMILES string of the molecule is CC(C)C(NC(=O)N[C@H](Cc1cnc[nH]1)C(=O)O)C(N)=O. The lowest BCUT2D eigenvalue weighted by atomic mass is 10.0. The number of carboxylic acids is 1. The summed E-state index contributed by atoms with van der Waals surface area (Å²) in [4.78, 5) is 40.7. The topological polar surface area (TPSA) is 150 Å². The molecular weight excluding hydrogens is 278 g/mol. The third-order valence-electron chi connectivity index (χ3n) is 2.84. The van der Waals surface area contributed by atoms with Crippen LogP contribution in [0, 0.1) is 5.92 Å². The number of H-pyrrole nitrogens is 1. The fourth-order valence-electron chi connectivity index (χ4n) is 1.72. The second-order valence-corrected chi connectivity index (χ2v) is 4.91. The highest BCUT2D eigenvalue weighted by Crippen LogP contribution is 2.02. The first-order valence-corrected chi connectivity index (χ1v) is 6.37. The summed E-state index contributed by atoms with van der Waals surface area (Å²) in [5.74, 6) is -2.08. The molecule has 0 aliphatic carbocycles. The molecule has 1 heterocycles. The van der Waals surface area contributed by atoms with Crippen molar-refractivity contribution in [2.45, 2.75) is 32.4 Å². The number of hydrogen-bond donors (Lipinski definition) is 5. The highest BCUT2D eigenvalue weighted by Gasteiger charge is 2.25. The van der Waals surface area contributed by atoms with Crippen molar-refractivity contribution in [2.75, 3.05) is 0 Å². The number of carbonyl (C=O) groups excluding carboxylic acids is 2. The maximum absolute atomic E-state index is 11.8. The largest absolute Gasteiger partial charge is 0.480 e. The quantitative estimate of drug-likeness (QED) is 0.447. The molecular formula is C12H19N5O4. The lowest BCUT2D eigenvalue weighted by Gasteiger charge is -2.21. The molecule has 9 heteroatoms. The van der Waals surface area contributed by atoms with Crippen LogP contribution in [0.25, 0.3) is 0 Å². The van der Waals surface area contributed by atoms with Crippen molar-refractivity contribution in [2.24, 2.45) is 11.7 Å². The van der Waals surface area contributed by atoms with Crippen LogP contribution in [-0.2, 0) is 16.0 Å². The van der Waals surface area contributed by atoms with Gasteiger partial charge in [0.25, 0.3) is 0 Å². The Labute approximate surface area is 121 Å². The van der Waals surface area contributed by atoms with E-state index in [1.54, 1.807) is 13.8 Å². The van der Waals surface area contributed by atoms with Gasteiger partial charge in [0.15, 0.2) is 0 Å². The van der Waals surface area contributed by atoms with Gasteiger partial charge in [-0.2, -0.15) is 0 Å². The molecule has 3 amide bonds. The summed E-state index contributed by atoms with van der Waals surface area (Å²) in [6, 6.07) is -2.78. The van der Waals surface area contributed by atoms with Gasteiger partial charge in [0, 0.05) is 18.3 Å². The summed E-state index contributed by atoms with van der Waals surface area (Å²) in [5, 5.41) is 13.8. The number of aromatic amines is 1. The number of nitrogens with zero attached hydrogens (tertiary/aromatic N) is 1. The van der Waals surface area contributed by atoms with E-state index in [2.05, 4.69) is 20.6 Å². The van der Waals surface area contributed by atoms with Crippen LogP contribution in [0.4, 0.5) is 4.79 Å². The first kappa shape index (κ1) is 16.5. The van der Waals surface area contributed by atoms with Gasteiger partial charge in [0.05, 0.1) is 6.33 Å². The maximum atomic E-state index is 11.8. The highest BCUT2D eigenvalue weighted by molar-refractivity contribution is 5.88. The summed E-state index contributed by atoms with van der Waals surface area (Å²) in [5.41, 5.74) is 5.74. The summed E-state index contributed by atoms with van der Waals surface area (Å²) >= 11 is 0. The van der Waals surface area contributed by atoms with Gasteiger partial charge in [-0.05, 0) is 5.92 Å². The smallest absolute Gasteiger partial charge is 0.326 e. The summed E-state index contributed by atoms with van der Waals surface area (Å²) in [6.45, 7) is 3.43. The number of carboxylic acid groups (broad SMARTS) is 1. The Bertz CT molecular complexity index is 500. The lowest BCUT2D eigenvalue weighted by Crippen LogP contribution is -2.54. The normalized spacial score (nSPS) is 13.5. The van der Waals surface area contributed by atoms with Crippen molar-refractivity contribution in [1.82, 2.24) is 20.6 Å². The minimum Gasteiger partial charge on any atom is -0.480 e. The fraction of sp³-hybridized carbons (Fsp3) is 0.500.